The number of esters is 1. The molecule has 194 valence electrons. The molecule has 2 fully saturated rings. The summed E-state index contributed by atoms with van der Waals surface area (Å²) < 4.78 is 7.52. The van der Waals surface area contributed by atoms with Crippen LogP contribution >= 0.6 is 0 Å². The van der Waals surface area contributed by atoms with Crippen LogP contribution in [-0.2, 0) is 10.3 Å². The molecule has 0 amide bonds. The van der Waals surface area contributed by atoms with Crippen LogP contribution in [0.15, 0.2) is 73.3 Å². The number of imidazole rings is 1. The van der Waals surface area contributed by atoms with E-state index >= 15 is 0 Å². The van der Waals surface area contributed by atoms with Crippen molar-refractivity contribution < 1.29 is 14.6 Å². The molecule has 1 aromatic carbocycles. The number of carbonyl (C=O) groups excluding carboxylic acids is 1. The number of rotatable bonds is 7. The van der Waals surface area contributed by atoms with Crippen LogP contribution in [0.4, 0.5) is 11.6 Å². The highest BCUT2D eigenvalue weighted by Crippen LogP contribution is 2.40. The molecule has 38 heavy (non-hydrogen) atoms. The molecule has 2 aliphatic carbocycles. The number of benzene rings is 1. The van der Waals surface area contributed by atoms with Crippen molar-refractivity contribution in [3.05, 3.63) is 95.7 Å². The second-order valence-corrected chi connectivity index (χ2v) is 10.4. The summed E-state index contributed by atoms with van der Waals surface area (Å²) in [4.78, 5) is 26.2. The van der Waals surface area contributed by atoms with Crippen molar-refractivity contribution in [2.75, 3.05) is 5.32 Å². The zero-order valence-corrected chi connectivity index (χ0v) is 21.4. The fraction of sp³-hybridized carbons (Fsp3) is 0.333. The number of carbonyl (C=O) groups is 1. The van der Waals surface area contributed by atoms with Gasteiger partial charge in [-0.3, -0.25) is 4.57 Å². The molecule has 6 rings (SSSR count). The van der Waals surface area contributed by atoms with Crippen molar-refractivity contribution in [2.24, 2.45) is 0 Å². The van der Waals surface area contributed by atoms with E-state index in [-0.39, 0.29) is 12.1 Å². The maximum absolute atomic E-state index is 12.4. The summed E-state index contributed by atoms with van der Waals surface area (Å²) in [5.41, 5.74) is 2.43. The predicted octanol–water partition coefficient (Wildman–Crippen LogP) is 5.58. The minimum Gasteiger partial charge on any atom is -0.459 e. The van der Waals surface area contributed by atoms with E-state index in [1.807, 2.05) is 54.2 Å². The summed E-state index contributed by atoms with van der Waals surface area (Å²) in [6.07, 6.45) is 9.71. The van der Waals surface area contributed by atoms with Crippen LogP contribution in [0.2, 0.25) is 0 Å². The third-order valence-corrected chi connectivity index (χ3v) is 7.41. The number of aliphatic hydroxyl groups is 1. The first-order valence-electron chi connectivity index (χ1n) is 13.2. The first kappa shape index (κ1) is 24.3. The molecule has 8 nitrogen and oxygen atoms in total. The van der Waals surface area contributed by atoms with E-state index in [1.54, 1.807) is 18.5 Å². The van der Waals surface area contributed by atoms with Gasteiger partial charge in [-0.05, 0) is 98.9 Å². The van der Waals surface area contributed by atoms with Gasteiger partial charge in [-0.25, -0.2) is 19.7 Å². The van der Waals surface area contributed by atoms with Crippen LogP contribution in [0.3, 0.4) is 0 Å². The Balaban J connectivity index is 1.13. The monoisotopic (exact) mass is 509 g/mol. The number of nitrogens with zero attached hydrogens (tertiary/aromatic N) is 4. The summed E-state index contributed by atoms with van der Waals surface area (Å²) in [5, 5.41) is 14.7. The lowest BCUT2D eigenvalue weighted by Gasteiger charge is -2.34. The average Bonchev–Trinajstić information content (AvgIpc) is 3.66. The van der Waals surface area contributed by atoms with Crippen LogP contribution in [-0.4, -0.2) is 36.7 Å². The van der Waals surface area contributed by atoms with Crippen LogP contribution in [0.1, 0.15) is 71.6 Å². The zero-order valence-electron chi connectivity index (χ0n) is 21.4. The molecule has 8 heteroatoms. The molecule has 2 saturated carbocycles. The van der Waals surface area contributed by atoms with E-state index in [2.05, 4.69) is 27.4 Å². The number of aromatic nitrogens is 4. The van der Waals surface area contributed by atoms with E-state index in [9.17, 15) is 9.90 Å². The van der Waals surface area contributed by atoms with Gasteiger partial charge in [-0.2, -0.15) is 0 Å². The first-order chi connectivity index (χ1) is 18.4. The van der Waals surface area contributed by atoms with Crippen LogP contribution in [0.25, 0.3) is 5.82 Å². The Morgan fingerprint density at radius 2 is 1.82 bits per heavy atom. The molecule has 0 unspecified atom stereocenters. The van der Waals surface area contributed by atoms with Gasteiger partial charge in [0.2, 0.25) is 0 Å². The van der Waals surface area contributed by atoms with Crippen LogP contribution in [0.5, 0.6) is 0 Å². The molecule has 3 heterocycles. The number of pyridine rings is 2. The normalized spacial score (nSPS) is 21.2. The summed E-state index contributed by atoms with van der Waals surface area (Å²) >= 11 is 0. The Morgan fingerprint density at radius 3 is 2.58 bits per heavy atom. The van der Waals surface area contributed by atoms with Crippen molar-refractivity contribution >= 4 is 17.6 Å². The molecule has 2 aliphatic rings. The van der Waals surface area contributed by atoms with E-state index in [0.717, 1.165) is 11.4 Å². The topological polar surface area (TPSA) is 102 Å². The Bertz CT molecular complexity index is 1440. The highest BCUT2D eigenvalue weighted by molar-refractivity contribution is 5.89. The standard InChI is InChI=1S/C30H31N5O3/c1-20-15-27(33-26-17-23(11-14-31-26)21-7-8-21)34-28(16-20)35-18-25(32-19-35)30(37)12-9-24(10-13-30)38-29(36)22-5-3-2-4-6-22/h2-6,11,14-19,21,24,37H,7-10,12-13H2,1H3,(H,31,33,34)/t24-,30-. The number of aryl methyl sites for hydroxylation is 1. The predicted molar refractivity (Wildman–Crippen MR) is 144 cm³/mol. The quantitative estimate of drug-likeness (QED) is 0.314. The number of hydrogen-bond acceptors (Lipinski definition) is 7. The highest BCUT2D eigenvalue weighted by Gasteiger charge is 2.38. The maximum atomic E-state index is 12.4. The summed E-state index contributed by atoms with van der Waals surface area (Å²) in [7, 11) is 0. The Hall–Kier alpha value is -4.04. The largest absolute Gasteiger partial charge is 0.459 e. The molecule has 3 aromatic heterocycles. The third kappa shape index (κ3) is 5.31. The second-order valence-electron chi connectivity index (χ2n) is 10.4. The van der Waals surface area contributed by atoms with E-state index in [1.165, 1.54) is 18.4 Å². The van der Waals surface area contributed by atoms with Gasteiger partial charge in [0.1, 0.15) is 35.5 Å². The molecule has 0 spiro atoms. The molecule has 0 atom stereocenters. The zero-order chi connectivity index (χ0) is 26.1. The fourth-order valence-electron chi connectivity index (χ4n) is 5.09. The SMILES string of the molecule is Cc1cc(Nc2cc(C3CC3)ccn2)nc(-n2cnc([C@]3(O)CC[C@H](OC(=O)c4ccccc4)CC3)c2)c1. The van der Waals surface area contributed by atoms with Crippen LogP contribution < -0.4 is 5.32 Å². The summed E-state index contributed by atoms with van der Waals surface area (Å²) in [6.45, 7) is 2.02. The van der Waals surface area contributed by atoms with Gasteiger partial charge >= 0.3 is 5.97 Å². The van der Waals surface area contributed by atoms with Gasteiger partial charge in [-0.15, -0.1) is 0 Å². The van der Waals surface area contributed by atoms with Gasteiger partial charge in [-0.1, -0.05) is 18.2 Å². The Morgan fingerprint density at radius 1 is 1.03 bits per heavy atom. The van der Waals surface area contributed by atoms with Crippen molar-refractivity contribution in [1.82, 2.24) is 19.5 Å². The lowest BCUT2D eigenvalue weighted by Crippen LogP contribution is -2.35. The van der Waals surface area contributed by atoms with Gasteiger partial charge in [0.25, 0.3) is 0 Å². The summed E-state index contributed by atoms with van der Waals surface area (Å²) in [6, 6.07) is 17.1. The van der Waals surface area contributed by atoms with E-state index in [4.69, 9.17) is 9.72 Å². The maximum Gasteiger partial charge on any atom is 0.338 e. The molecule has 0 aliphatic heterocycles. The average molecular weight is 510 g/mol. The Kier molecular flexibility index (Phi) is 6.41. The molecule has 4 aromatic rings. The van der Waals surface area contributed by atoms with Gasteiger partial charge in [0.15, 0.2) is 0 Å². The van der Waals surface area contributed by atoms with Crippen LogP contribution in [0, 0.1) is 6.92 Å². The molecule has 0 saturated heterocycles. The number of nitrogens with one attached hydrogen (secondary N) is 1. The molecular weight excluding hydrogens is 478 g/mol. The smallest absolute Gasteiger partial charge is 0.338 e. The van der Waals surface area contributed by atoms with Crippen molar-refractivity contribution in [1.29, 1.82) is 0 Å². The second kappa shape index (κ2) is 10.0. The number of anilines is 2. The minimum atomic E-state index is -1.07. The van der Waals surface area contributed by atoms with E-state index < -0.39 is 5.60 Å². The third-order valence-electron chi connectivity index (χ3n) is 7.41. The fourth-order valence-corrected chi connectivity index (χ4v) is 5.09. The number of ether oxygens (including phenoxy) is 1. The van der Waals surface area contributed by atoms with Crippen molar-refractivity contribution in [3.8, 4) is 5.82 Å². The van der Waals surface area contributed by atoms with E-state index in [0.29, 0.717) is 54.5 Å². The minimum absolute atomic E-state index is 0.218. The van der Waals surface area contributed by atoms with Gasteiger partial charge in [0, 0.05) is 12.4 Å². The molecule has 0 radical (unpaired) electrons. The van der Waals surface area contributed by atoms with Gasteiger partial charge in [0.05, 0.1) is 11.3 Å². The number of hydrogen-bond donors (Lipinski definition) is 2. The highest BCUT2D eigenvalue weighted by atomic mass is 16.5. The lowest BCUT2D eigenvalue weighted by molar-refractivity contribution is -0.0485. The van der Waals surface area contributed by atoms with Crippen molar-refractivity contribution in [2.45, 2.75) is 63.1 Å². The van der Waals surface area contributed by atoms with Gasteiger partial charge < -0.3 is 15.2 Å². The molecular formula is C30H31N5O3. The summed E-state index contributed by atoms with van der Waals surface area (Å²) in [5.74, 6) is 2.52. The van der Waals surface area contributed by atoms with Crippen molar-refractivity contribution in [3.63, 3.8) is 0 Å². The Labute approximate surface area is 221 Å². The lowest BCUT2D eigenvalue weighted by atomic mass is 9.81. The first-order valence-corrected chi connectivity index (χ1v) is 13.2. The molecule has 2 N–H and O–H groups in total. The molecule has 0 bridgehead atoms.